The van der Waals surface area contributed by atoms with Gasteiger partial charge in [-0.3, -0.25) is 4.90 Å². The number of hydrogen-bond acceptors (Lipinski definition) is 7. The molecule has 4 aromatic rings. The maximum Gasteiger partial charge on any atom is 0.211 e. The number of pyridine rings is 1. The molecule has 1 N–H and O–H groups in total. The summed E-state index contributed by atoms with van der Waals surface area (Å²) >= 11 is 1.49. The predicted molar refractivity (Wildman–Crippen MR) is 119 cm³/mol. The van der Waals surface area contributed by atoms with Gasteiger partial charge in [-0.05, 0) is 42.8 Å². The van der Waals surface area contributed by atoms with Crippen molar-refractivity contribution in [3.63, 3.8) is 0 Å². The average Bonchev–Trinajstić information content (AvgIpc) is 3.31. The Hall–Kier alpha value is -2.88. The van der Waals surface area contributed by atoms with E-state index in [9.17, 15) is 4.39 Å². The average molecular weight is 439 g/mol. The van der Waals surface area contributed by atoms with Gasteiger partial charge in [-0.15, -0.1) is 10.2 Å². The fraction of sp³-hybridized carbons (Fsp3) is 0.318. The van der Waals surface area contributed by atoms with Gasteiger partial charge in [0.25, 0.3) is 0 Å². The van der Waals surface area contributed by atoms with E-state index >= 15 is 0 Å². The number of nitrogens with zero attached hydrogens (tertiary/aromatic N) is 5. The maximum absolute atomic E-state index is 13.8. The number of anilines is 2. The first kappa shape index (κ1) is 20.0. The van der Waals surface area contributed by atoms with Crippen LogP contribution in [0.15, 0.2) is 42.6 Å². The van der Waals surface area contributed by atoms with Gasteiger partial charge in [-0.2, -0.15) is 0 Å². The van der Waals surface area contributed by atoms with Gasteiger partial charge in [0.15, 0.2) is 0 Å². The largest absolute Gasteiger partial charge is 0.369 e. The fourth-order valence-corrected chi connectivity index (χ4v) is 4.59. The zero-order chi connectivity index (χ0) is 21.4. The van der Waals surface area contributed by atoms with E-state index in [1.165, 1.54) is 17.4 Å². The number of nitrogens with one attached hydrogen (secondary N) is 1. The lowest BCUT2D eigenvalue weighted by Crippen LogP contribution is -2.38. The van der Waals surface area contributed by atoms with E-state index in [0.29, 0.717) is 6.61 Å². The van der Waals surface area contributed by atoms with Crippen molar-refractivity contribution in [1.29, 1.82) is 0 Å². The second kappa shape index (κ2) is 8.33. The molecule has 1 saturated heterocycles. The van der Waals surface area contributed by atoms with Crippen LogP contribution in [0.3, 0.4) is 0 Å². The van der Waals surface area contributed by atoms with Crippen molar-refractivity contribution in [2.75, 3.05) is 25.0 Å². The maximum atomic E-state index is 13.8. The molecule has 0 aliphatic carbocycles. The molecule has 160 valence electrons. The Kier molecular flexibility index (Phi) is 5.39. The van der Waals surface area contributed by atoms with Crippen LogP contribution in [0.2, 0.25) is 0 Å². The summed E-state index contributed by atoms with van der Waals surface area (Å²) in [6, 6.07) is 10.8. The molecule has 3 aromatic heterocycles. The molecule has 0 amide bonds. The lowest BCUT2D eigenvalue weighted by atomic mass is 10.1. The predicted octanol–water partition coefficient (Wildman–Crippen LogP) is 4.19. The quantitative estimate of drug-likeness (QED) is 0.504. The zero-order valence-corrected chi connectivity index (χ0v) is 18.2. The molecule has 9 heteroatoms. The van der Waals surface area contributed by atoms with E-state index < -0.39 is 0 Å². The van der Waals surface area contributed by atoms with E-state index in [1.54, 1.807) is 6.07 Å². The number of morpholine rings is 1. The third kappa shape index (κ3) is 4.30. The monoisotopic (exact) mass is 438 g/mol. The smallest absolute Gasteiger partial charge is 0.211 e. The van der Waals surface area contributed by atoms with E-state index in [0.717, 1.165) is 57.8 Å². The molecule has 1 aromatic carbocycles. The van der Waals surface area contributed by atoms with Crippen molar-refractivity contribution in [2.45, 2.75) is 19.6 Å². The van der Waals surface area contributed by atoms with Gasteiger partial charge in [-0.25, -0.2) is 9.37 Å². The number of halogens is 1. The Morgan fingerprint density at radius 3 is 3.00 bits per heavy atom. The van der Waals surface area contributed by atoms with E-state index in [2.05, 4.69) is 26.6 Å². The van der Waals surface area contributed by atoms with Crippen LogP contribution < -0.4 is 5.32 Å². The summed E-state index contributed by atoms with van der Waals surface area (Å²) in [5.41, 5.74) is 3.03. The van der Waals surface area contributed by atoms with Crippen molar-refractivity contribution in [3.8, 4) is 0 Å². The van der Waals surface area contributed by atoms with Crippen molar-refractivity contribution < 1.29 is 9.13 Å². The van der Waals surface area contributed by atoms with Crippen molar-refractivity contribution >= 4 is 33.2 Å². The minimum absolute atomic E-state index is 0.127. The molecule has 7 nitrogen and oxygen atoms in total. The second-order valence-corrected chi connectivity index (χ2v) is 8.90. The van der Waals surface area contributed by atoms with Crippen LogP contribution in [0.5, 0.6) is 0 Å². The standard InChI is InChI=1S/C22H23FN6OS/c1-14-26-27-22(31-14)25-21-5-3-4-18(24-21)20-13-29(8-9-30-20)12-15-11-28(2)19-7-6-16(23)10-17(15)19/h3-7,10-11,20H,8-9,12-13H2,1-2H3,(H,24,25,27)/t20-/m0/s1. The molecule has 0 saturated carbocycles. The molecular formula is C22H23FN6OS. The zero-order valence-electron chi connectivity index (χ0n) is 17.4. The lowest BCUT2D eigenvalue weighted by molar-refractivity contribution is -0.0348. The Morgan fingerprint density at radius 2 is 2.16 bits per heavy atom. The molecule has 1 aliphatic heterocycles. The lowest BCUT2D eigenvalue weighted by Gasteiger charge is -2.32. The van der Waals surface area contributed by atoms with Crippen LogP contribution in [0.1, 0.15) is 22.4 Å². The van der Waals surface area contributed by atoms with E-state index in [-0.39, 0.29) is 11.9 Å². The highest BCUT2D eigenvalue weighted by Gasteiger charge is 2.24. The number of rotatable bonds is 5. The minimum atomic E-state index is -0.209. The van der Waals surface area contributed by atoms with Crippen molar-refractivity contribution in [1.82, 2.24) is 24.6 Å². The number of benzene rings is 1. The van der Waals surface area contributed by atoms with Crippen molar-refractivity contribution in [2.24, 2.45) is 7.05 Å². The van der Waals surface area contributed by atoms with Crippen LogP contribution >= 0.6 is 11.3 Å². The molecule has 31 heavy (non-hydrogen) atoms. The SMILES string of the molecule is Cc1nnc(Nc2cccc([C@@H]3CN(Cc4cn(C)c5ccc(F)cc45)CCO3)n2)s1. The molecule has 1 atom stereocenters. The highest BCUT2D eigenvalue weighted by Crippen LogP contribution is 2.27. The summed E-state index contributed by atoms with van der Waals surface area (Å²) in [4.78, 5) is 7.07. The van der Waals surface area contributed by atoms with E-state index in [4.69, 9.17) is 9.72 Å². The molecular weight excluding hydrogens is 415 g/mol. The van der Waals surface area contributed by atoms with Gasteiger partial charge >= 0.3 is 0 Å². The molecule has 5 rings (SSSR count). The summed E-state index contributed by atoms with van der Waals surface area (Å²) in [6.45, 7) is 4.83. The third-order valence-corrected chi connectivity index (χ3v) is 6.19. The highest BCUT2D eigenvalue weighted by atomic mass is 32.1. The van der Waals surface area contributed by atoms with Gasteiger partial charge < -0.3 is 14.6 Å². The number of fused-ring (bicyclic) bond motifs is 1. The summed E-state index contributed by atoms with van der Waals surface area (Å²) in [5, 5.41) is 13.9. The highest BCUT2D eigenvalue weighted by molar-refractivity contribution is 7.15. The number of aromatic nitrogens is 4. The first-order valence-corrected chi connectivity index (χ1v) is 11.0. The van der Waals surface area contributed by atoms with Crippen LogP contribution in [0, 0.1) is 12.7 Å². The number of ether oxygens (including phenoxy) is 1. The normalized spacial score (nSPS) is 17.3. The van der Waals surface area contributed by atoms with Crippen LogP contribution in [0.4, 0.5) is 15.3 Å². The van der Waals surface area contributed by atoms with Crippen molar-refractivity contribution in [3.05, 3.63) is 64.7 Å². The van der Waals surface area contributed by atoms with Gasteiger partial charge in [0, 0.05) is 43.8 Å². The minimum Gasteiger partial charge on any atom is -0.369 e. The Morgan fingerprint density at radius 1 is 1.26 bits per heavy atom. The first-order chi connectivity index (χ1) is 15.0. The molecule has 1 aliphatic rings. The molecule has 0 unspecified atom stereocenters. The summed E-state index contributed by atoms with van der Waals surface area (Å²) in [7, 11) is 1.99. The van der Waals surface area contributed by atoms with Gasteiger partial charge in [-0.1, -0.05) is 17.4 Å². The summed E-state index contributed by atoms with van der Waals surface area (Å²) in [5.74, 6) is 0.512. The van der Waals surface area contributed by atoms with Gasteiger partial charge in [0.2, 0.25) is 5.13 Å². The molecule has 1 fully saturated rings. The van der Waals surface area contributed by atoms with Crippen LogP contribution in [-0.4, -0.2) is 44.3 Å². The molecule has 0 bridgehead atoms. The second-order valence-electron chi connectivity index (χ2n) is 7.72. The van der Waals surface area contributed by atoms with E-state index in [1.807, 2.05) is 42.8 Å². The summed E-state index contributed by atoms with van der Waals surface area (Å²) in [6.07, 6.45) is 1.96. The Labute approximate surface area is 183 Å². The topological polar surface area (TPSA) is 68.1 Å². The van der Waals surface area contributed by atoms with Gasteiger partial charge in [0.05, 0.1) is 12.3 Å². The third-order valence-electron chi connectivity index (χ3n) is 5.44. The number of aryl methyl sites for hydroxylation is 2. The Bertz CT molecular complexity index is 1220. The number of hydrogen-bond donors (Lipinski definition) is 1. The molecule has 4 heterocycles. The fourth-order valence-electron chi connectivity index (χ4n) is 3.99. The first-order valence-electron chi connectivity index (χ1n) is 10.2. The Balaban J connectivity index is 1.32. The van der Waals surface area contributed by atoms with Crippen LogP contribution in [-0.2, 0) is 18.3 Å². The van der Waals surface area contributed by atoms with Crippen LogP contribution in [0.25, 0.3) is 10.9 Å². The molecule has 0 spiro atoms. The molecule has 0 radical (unpaired) electrons. The summed E-state index contributed by atoms with van der Waals surface area (Å²) < 4.78 is 21.9. The van der Waals surface area contributed by atoms with Gasteiger partial charge in [0.1, 0.15) is 22.7 Å².